The van der Waals surface area contributed by atoms with E-state index in [-0.39, 0.29) is 6.10 Å². The van der Waals surface area contributed by atoms with Crippen LogP contribution in [-0.2, 0) is 6.42 Å². The monoisotopic (exact) mass is 221 g/mol. The minimum atomic E-state index is 0.235. The zero-order chi connectivity index (χ0) is 12.0. The molecule has 0 radical (unpaired) electrons. The largest absolute Gasteiger partial charge is 0.491 e. The zero-order valence-electron chi connectivity index (χ0n) is 10.8. The van der Waals surface area contributed by atoms with Gasteiger partial charge in [-0.1, -0.05) is 32.0 Å². The van der Waals surface area contributed by atoms with Crippen LogP contribution in [0.4, 0.5) is 0 Å². The van der Waals surface area contributed by atoms with Gasteiger partial charge in [-0.05, 0) is 38.4 Å². The average molecular weight is 221 g/mol. The van der Waals surface area contributed by atoms with Crippen molar-refractivity contribution in [2.24, 2.45) is 0 Å². The van der Waals surface area contributed by atoms with Crippen LogP contribution in [0.15, 0.2) is 24.3 Å². The lowest BCUT2D eigenvalue weighted by Gasteiger charge is -2.15. The maximum absolute atomic E-state index is 5.78. The van der Waals surface area contributed by atoms with Crippen LogP contribution in [0.5, 0.6) is 5.75 Å². The molecular formula is C14H23NO. The minimum Gasteiger partial charge on any atom is -0.491 e. The predicted octanol–water partition coefficient (Wildman–Crippen LogP) is 3.01. The van der Waals surface area contributed by atoms with Crippen LogP contribution < -0.4 is 10.1 Å². The fourth-order valence-electron chi connectivity index (χ4n) is 1.57. The third-order valence-corrected chi connectivity index (χ3v) is 2.28. The highest BCUT2D eigenvalue weighted by molar-refractivity contribution is 5.33. The normalized spacial score (nSPS) is 11.1. The average Bonchev–Trinajstić information content (AvgIpc) is 2.19. The van der Waals surface area contributed by atoms with E-state index in [2.05, 4.69) is 45.1 Å². The van der Waals surface area contributed by atoms with E-state index in [1.165, 1.54) is 5.56 Å². The molecule has 0 aromatic heterocycles. The number of benzene rings is 1. The molecule has 2 heteroatoms. The number of nitrogens with one attached hydrogen (secondary N) is 1. The Morgan fingerprint density at radius 1 is 1.12 bits per heavy atom. The van der Waals surface area contributed by atoms with E-state index in [1.807, 2.05) is 12.1 Å². The second-order valence-electron chi connectivity index (χ2n) is 4.63. The zero-order valence-corrected chi connectivity index (χ0v) is 10.8. The molecule has 1 aromatic carbocycles. The molecule has 2 nitrogen and oxygen atoms in total. The molecule has 0 saturated carbocycles. The molecule has 0 unspecified atom stereocenters. The van der Waals surface area contributed by atoms with Crippen molar-refractivity contribution in [3.05, 3.63) is 29.8 Å². The van der Waals surface area contributed by atoms with Crippen molar-refractivity contribution in [1.29, 1.82) is 0 Å². The van der Waals surface area contributed by atoms with Crippen molar-refractivity contribution in [3.8, 4) is 5.75 Å². The maximum Gasteiger partial charge on any atom is 0.122 e. The quantitative estimate of drug-likeness (QED) is 0.797. The van der Waals surface area contributed by atoms with E-state index in [9.17, 15) is 0 Å². The van der Waals surface area contributed by atoms with E-state index < -0.39 is 0 Å². The Kier molecular flexibility index (Phi) is 5.33. The van der Waals surface area contributed by atoms with Gasteiger partial charge < -0.3 is 10.1 Å². The van der Waals surface area contributed by atoms with Gasteiger partial charge in [0.05, 0.1) is 6.10 Å². The molecule has 0 amide bonds. The van der Waals surface area contributed by atoms with Gasteiger partial charge in [-0.25, -0.2) is 0 Å². The van der Waals surface area contributed by atoms with Gasteiger partial charge in [-0.3, -0.25) is 0 Å². The first-order valence-corrected chi connectivity index (χ1v) is 6.07. The second-order valence-corrected chi connectivity index (χ2v) is 4.63. The highest BCUT2D eigenvalue weighted by atomic mass is 16.5. The van der Waals surface area contributed by atoms with Crippen LogP contribution in [0, 0.1) is 0 Å². The van der Waals surface area contributed by atoms with Crippen LogP contribution in [0.25, 0.3) is 0 Å². The van der Waals surface area contributed by atoms with E-state index in [0.29, 0.717) is 6.04 Å². The van der Waals surface area contributed by atoms with E-state index in [0.717, 1.165) is 18.7 Å². The smallest absolute Gasteiger partial charge is 0.122 e. The lowest BCUT2D eigenvalue weighted by molar-refractivity contribution is 0.240. The van der Waals surface area contributed by atoms with Gasteiger partial charge >= 0.3 is 0 Å². The van der Waals surface area contributed by atoms with Crippen LogP contribution in [0.3, 0.4) is 0 Å². The van der Waals surface area contributed by atoms with Gasteiger partial charge in [0, 0.05) is 6.04 Å². The third kappa shape index (κ3) is 4.67. The Hall–Kier alpha value is -1.02. The molecule has 0 fully saturated rings. The van der Waals surface area contributed by atoms with E-state index in [4.69, 9.17) is 4.74 Å². The van der Waals surface area contributed by atoms with Gasteiger partial charge in [-0.15, -0.1) is 0 Å². The maximum atomic E-state index is 5.78. The minimum absolute atomic E-state index is 0.235. The van der Waals surface area contributed by atoms with Crippen molar-refractivity contribution in [1.82, 2.24) is 5.32 Å². The fourth-order valence-corrected chi connectivity index (χ4v) is 1.57. The predicted molar refractivity (Wildman–Crippen MR) is 69.0 cm³/mol. The summed E-state index contributed by atoms with van der Waals surface area (Å²) in [4.78, 5) is 0. The van der Waals surface area contributed by atoms with Crippen LogP contribution in [0.2, 0.25) is 0 Å². The molecule has 0 saturated heterocycles. The molecule has 16 heavy (non-hydrogen) atoms. The van der Waals surface area contributed by atoms with Crippen molar-refractivity contribution < 1.29 is 4.74 Å². The standard InChI is InChI=1S/C14H23NO/c1-11(2)15-10-9-13-7-5-6-8-14(13)16-12(3)4/h5-8,11-12,15H,9-10H2,1-4H3. The molecule has 1 rings (SSSR count). The molecule has 0 heterocycles. The molecule has 0 aliphatic rings. The highest BCUT2D eigenvalue weighted by Gasteiger charge is 2.04. The summed E-state index contributed by atoms with van der Waals surface area (Å²) in [5.74, 6) is 1.02. The molecule has 1 N–H and O–H groups in total. The Bertz CT molecular complexity index is 307. The molecule has 0 atom stereocenters. The molecule has 0 bridgehead atoms. The number of rotatable bonds is 6. The Balaban J connectivity index is 2.56. The van der Waals surface area contributed by atoms with Gasteiger partial charge in [0.2, 0.25) is 0 Å². The summed E-state index contributed by atoms with van der Waals surface area (Å²) < 4.78 is 5.78. The van der Waals surface area contributed by atoms with Gasteiger partial charge in [0.1, 0.15) is 5.75 Å². The number of hydrogen-bond acceptors (Lipinski definition) is 2. The first-order chi connectivity index (χ1) is 7.59. The Morgan fingerprint density at radius 2 is 1.81 bits per heavy atom. The lowest BCUT2D eigenvalue weighted by atomic mass is 10.1. The summed E-state index contributed by atoms with van der Waals surface area (Å²) in [5, 5.41) is 3.42. The van der Waals surface area contributed by atoms with Crippen molar-refractivity contribution in [3.63, 3.8) is 0 Å². The first kappa shape index (κ1) is 13.0. The molecule has 90 valence electrons. The SMILES string of the molecule is CC(C)NCCc1ccccc1OC(C)C. The number of para-hydroxylation sites is 1. The van der Waals surface area contributed by atoms with Crippen molar-refractivity contribution in [2.75, 3.05) is 6.54 Å². The van der Waals surface area contributed by atoms with Gasteiger partial charge in [0.15, 0.2) is 0 Å². The van der Waals surface area contributed by atoms with Crippen LogP contribution in [-0.4, -0.2) is 18.7 Å². The summed E-state index contributed by atoms with van der Waals surface area (Å²) in [6, 6.07) is 8.82. The summed E-state index contributed by atoms with van der Waals surface area (Å²) in [5.41, 5.74) is 1.28. The summed E-state index contributed by atoms with van der Waals surface area (Å²) in [6.07, 6.45) is 1.25. The fraction of sp³-hybridized carbons (Fsp3) is 0.571. The van der Waals surface area contributed by atoms with E-state index in [1.54, 1.807) is 0 Å². The van der Waals surface area contributed by atoms with Crippen LogP contribution >= 0.6 is 0 Å². The van der Waals surface area contributed by atoms with Gasteiger partial charge in [0.25, 0.3) is 0 Å². The van der Waals surface area contributed by atoms with Crippen LogP contribution in [0.1, 0.15) is 33.3 Å². The summed E-state index contributed by atoms with van der Waals surface area (Å²) >= 11 is 0. The second kappa shape index (κ2) is 6.54. The molecule has 1 aromatic rings. The number of ether oxygens (including phenoxy) is 1. The Labute approximate surface area is 99.0 Å². The topological polar surface area (TPSA) is 21.3 Å². The first-order valence-electron chi connectivity index (χ1n) is 6.07. The number of hydrogen-bond donors (Lipinski definition) is 1. The highest BCUT2D eigenvalue weighted by Crippen LogP contribution is 2.19. The molecule has 0 aliphatic carbocycles. The third-order valence-electron chi connectivity index (χ3n) is 2.28. The summed E-state index contributed by atoms with van der Waals surface area (Å²) in [6.45, 7) is 9.44. The van der Waals surface area contributed by atoms with Crippen molar-refractivity contribution >= 4 is 0 Å². The molecular weight excluding hydrogens is 198 g/mol. The molecule has 0 aliphatic heterocycles. The Morgan fingerprint density at radius 3 is 2.44 bits per heavy atom. The van der Waals surface area contributed by atoms with E-state index >= 15 is 0 Å². The van der Waals surface area contributed by atoms with Crippen molar-refractivity contribution in [2.45, 2.75) is 46.3 Å². The molecule has 0 spiro atoms. The lowest BCUT2D eigenvalue weighted by Crippen LogP contribution is -2.25. The van der Waals surface area contributed by atoms with Gasteiger partial charge in [-0.2, -0.15) is 0 Å². The summed E-state index contributed by atoms with van der Waals surface area (Å²) in [7, 11) is 0.